The van der Waals surface area contributed by atoms with E-state index in [1.165, 1.54) is 25.0 Å². The highest BCUT2D eigenvalue weighted by atomic mass is 16.7. The van der Waals surface area contributed by atoms with Crippen LogP contribution in [0.3, 0.4) is 0 Å². The Hall–Kier alpha value is -1.34. The van der Waals surface area contributed by atoms with Crippen LogP contribution in [0.25, 0.3) is 0 Å². The van der Waals surface area contributed by atoms with Crippen molar-refractivity contribution in [2.24, 2.45) is 11.8 Å². The van der Waals surface area contributed by atoms with Crippen LogP contribution in [0.5, 0.6) is 0 Å². The second-order valence-electron chi connectivity index (χ2n) is 9.14. The van der Waals surface area contributed by atoms with Crippen LogP contribution in [-0.2, 0) is 19.1 Å². The van der Waals surface area contributed by atoms with Crippen LogP contribution in [0, 0.1) is 11.8 Å². The molecule has 27 heavy (non-hydrogen) atoms. The normalized spacial score (nSPS) is 23.2. The van der Waals surface area contributed by atoms with Gasteiger partial charge in [0.2, 0.25) is 5.91 Å². The first kappa shape index (κ1) is 22.0. The van der Waals surface area contributed by atoms with Crippen molar-refractivity contribution in [2.45, 2.75) is 84.1 Å². The molecule has 0 spiro atoms. The summed E-state index contributed by atoms with van der Waals surface area (Å²) in [4.78, 5) is 31.6. The molecule has 2 atom stereocenters. The minimum absolute atomic E-state index is 0.0161. The minimum Gasteiger partial charge on any atom is -0.444 e. The lowest BCUT2D eigenvalue weighted by Gasteiger charge is -2.38. The van der Waals surface area contributed by atoms with E-state index in [9.17, 15) is 9.59 Å². The Balaban J connectivity index is 2.06. The number of hydroxylamine groups is 2. The fraction of sp³-hybridized carbons (Fsp3) is 0.900. The van der Waals surface area contributed by atoms with Crippen molar-refractivity contribution >= 4 is 12.0 Å². The largest absolute Gasteiger partial charge is 0.444 e. The molecule has 2 amide bonds. The van der Waals surface area contributed by atoms with Crippen LogP contribution in [-0.4, -0.2) is 60.1 Å². The molecule has 7 nitrogen and oxygen atoms in total. The van der Waals surface area contributed by atoms with Gasteiger partial charge in [0, 0.05) is 13.5 Å². The van der Waals surface area contributed by atoms with Gasteiger partial charge in [-0.05, 0) is 72.1 Å². The standard InChI is InChI=1S/C20H36N2O5/c1-19(2,3)27-18(24)22-16(13-26-20(22,4)5)15(14-11-12-14)9-8-10-17(23)21(6)25-7/h14-16H,8-13H2,1-7H3/t15-,16-/m0/s1. The molecule has 156 valence electrons. The molecule has 0 radical (unpaired) electrons. The van der Waals surface area contributed by atoms with Gasteiger partial charge in [-0.2, -0.15) is 0 Å². The van der Waals surface area contributed by atoms with Gasteiger partial charge in [0.05, 0.1) is 19.8 Å². The SMILES string of the molecule is CON(C)C(=O)CCC[C@@H](C1CC1)[C@@H]1COC(C)(C)N1C(=O)OC(C)(C)C. The molecule has 0 aromatic carbocycles. The maximum atomic E-state index is 12.9. The Kier molecular flexibility index (Phi) is 6.79. The highest BCUT2D eigenvalue weighted by molar-refractivity contribution is 5.74. The van der Waals surface area contributed by atoms with Gasteiger partial charge in [0.1, 0.15) is 11.3 Å². The van der Waals surface area contributed by atoms with Gasteiger partial charge in [-0.1, -0.05) is 0 Å². The monoisotopic (exact) mass is 384 g/mol. The summed E-state index contributed by atoms with van der Waals surface area (Å²) in [7, 11) is 3.11. The molecular weight excluding hydrogens is 348 g/mol. The first-order valence-corrected chi connectivity index (χ1v) is 9.93. The minimum atomic E-state index is -0.688. The number of nitrogens with zero attached hydrogens (tertiary/aromatic N) is 2. The van der Waals surface area contributed by atoms with E-state index in [2.05, 4.69) is 0 Å². The first-order chi connectivity index (χ1) is 12.5. The summed E-state index contributed by atoms with van der Waals surface area (Å²) in [6.07, 6.45) is 4.13. The predicted octanol–water partition coefficient (Wildman–Crippen LogP) is 3.57. The van der Waals surface area contributed by atoms with Gasteiger partial charge in [-0.3, -0.25) is 14.5 Å². The van der Waals surface area contributed by atoms with E-state index in [4.69, 9.17) is 14.3 Å². The maximum absolute atomic E-state index is 12.9. The van der Waals surface area contributed by atoms with E-state index in [1.807, 2.05) is 34.6 Å². The lowest BCUT2D eigenvalue weighted by Crippen LogP contribution is -2.52. The van der Waals surface area contributed by atoms with Crippen LogP contribution < -0.4 is 0 Å². The van der Waals surface area contributed by atoms with E-state index in [0.29, 0.717) is 24.9 Å². The molecule has 0 aromatic heterocycles. The fourth-order valence-corrected chi connectivity index (χ4v) is 3.83. The zero-order chi connectivity index (χ0) is 20.4. The van der Waals surface area contributed by atoms with Crippen molar-refractivity contribution in [2.75, 3.05) is 20.8 Å². The molecule has 0 bridgehead atoms. The van der Waals surface area contributed by atoms with E-state index < -0.39 is 11.3 Å². The van der Waals surface area contributed by atoms with Crippen LogP contribution >= 0.6 is 0 Å². The summed E-state index contributed by atoms with van der Waals surface area (Å²) < 4.78 is 11.6. The number of carbonyl (C=O) groups excluding carboxylic acids is 2. The predicted molar refractivity (Wildman–Crippen MR) is 102 cm³/mol. The fourth-order valence-electron chi connectivity index (χ4n) is 3.83. The van der Waals surface area contributed by atoms with Crippen LogP contribution in [0.15, 0.2) is 0 Å². The average molecular weight is 385 g/mol. The molecule has 0 aromatic rings. The zero-order valence-electron chi connectivity index (χ0n) is 17.9. The van der Waals surface area contributed by atoms with Crippen molar-refractivity contribution in [1.29, 1.82) is 0 Å². The number of rotatable bonds is 7. The third kappa shape index (κ3) is 5.82. The zero-order valence-corrected chi connectivity index (χ0v) is 17.9. The summed E-state index contributed by atoms with van der Waals surface area (Å²) in [6, 6.07) is -0.0161. The lowest BCUT2D eigenvalue weighted by atomic mass is 9.88. The molecule has 1 aliphatic heterocycles. The molecule has 1 heterocycles. The van der Waals surface area contributed by atoms with Gasteiger partial charge in [0.25, 0.3) is 0 Å². The number of hydrogen-bond acceptors (Lipinski definition) is 5. The molecule has 1 saturated carbocycles. The Morgan fingerprint density at radius 2 is 1.93 bits per heavy atom. The molecule has 1 saturated heterocycles. The second-order valence-corrected chi connectivity index (χ2v) is 9.14. The van der Waals surface area contributed by atoms with E-state index in [1.54, 1.807) is 11.9 Å². The Bertz CT molecular complexity index is 539. The van der Waals surface area contributed by atoms with Crippen molar-refractivity contribution < 1.29 is 23.9 Å². The van der Waals surface area contributed by atoms with Gasteiger partial charge in [-0.15, -0.1) is 0 Å². The van der Waals surface area contributed by atoms with Crippen LogP contribution in [0.1, 0.15) is 66.7 Å². The second kappa shape index (κ2) is 8.35. The summed E-state index contributed by atoms with van der Waals surface area (Å²) in [5.74, 6) is 0.881. The number of amides is 2. The number of ether oxygens (including phenoxy) is 2. The Labute approximate surface area is 163 Å². The third-order valence-corrected chi connectivity index (χ3v) is 5.38. The Morgan fingerprint density at radius 1 is 1.30 bits per heavy atom. The summed E-state index contributed by atoms with van der Waals surface area (Å²) >= 11 is 0. The van der Waals surface area contributed by atoms with Gasteiger partial charge < -0.3 is 9.47 Å². The third-order valence-electron chi connectivity index (χ3n) is 5.38. The smallest absolute Gasteiger partial charge is 0.412 e. The van der Waals surface area contributed by atoms with Crippen molar-refractivity contribution in [3.8, 4) is 0 Å². The summed E-state index contributed by atoms with van der Waals surface area (Å²) in [5, 5.41) is 1.26. The van der Waals surface area contributed by atoms with E-state index in [0.717, 1.165) is 12.8 Å². The molecule has 2 aliphatic rings. The summed E-state index contributed by atoms with van der Waals surface area (Å²) in [5.41, 5.74) is -1.24. The van der Waals surface area contributed by atoms with E-state index in [-0.39, 0.29) is 18.0 Å². The quantitative estimate of drug-likeness (QED) is 0.628. The lowest BCUT2D eigenvalue weighted by molar-refractivity contribution is -0.168. The van der Waals surface area contributed by atoms with Crippen LogP contribution in [0.4, 0.5) is 4.79 Å². The number of hydrogen-bond donors (Lipinski definition) is 0. The van der Waals surface area contributed by atoms with Gasteiger partial charge in [-0.25, -0.2) is 9.86 Å². The van der Waals surface area contributed by atoms with Gasteiger partial charge in [0.15, 0.2) is 0 Å². The molecule has 0 N–H and O–H groups in total. The highest BCUT2D eigenvalue weighted by Gasteiger charge is 2.51. The first-order valence-electron chi connectivity index (χ1n) is 9.93. The summed E-state index contributed by atoms with van der Waals surface area (Å²) in [6.45, 7) is 9.97. The molecule has 2 fully saturated rings. The average Bonchev–Trinajstić information content (AvgIpc) is 3.32. The van der Waals surface area contributed by atoms with Crippen molar-refractivity contribution in [3.63, 3.8) is 0 Å². The molecule has 7 heteroatoms. The Morgan fingerprint density at radius 3 is 2.44 bits per heavy atom. The van der Waals surface area contributed by atoms with Crippen molar-refractivity contribution in [1.82, 2.24) is 9.96 Å². The van der Waals surface area contributed by atoms with E-state index >= 15 is 0 Å². The maximum Gasteiger partial charge on any atom is 0.412 e. The van der Waals surface area contributed by atoms with Crippen LogP contribution in [0.2, 0.25) is 0 Å². The van der Waals surface area contributed by atoms with Crippen molar-refractivity contribution in [3.05, 3.63) is 0 Å². The molecule has 0 unspecified atom stereocenters. The van der Waals surface area contributed by atoms with Gasteiger partial charge >= 0.3 is 6.09 Å². The molecular formula is C20H36N2O5. The molecule has 2 rings (SSSR count). The topological polar surface area (TPSA) is 68.3 Å². The highest BCUT2D eigenvalue weighted by Crippen LogP contribution is 2.46. The molecule has 1 aliphatic carbocycles. The number of carbonyl (C=O) groups is 2.